The summed E-state index contributed by atoms with van der Waals surface area (Å²) in [4.78, 5) is 37.7. The van der Waals surface area contributed by atoms with Crippen molar-refractivity contribution in [3.8, 4) is 0 Å². The number of unbranched alkanes of at least 4 members (excludes halogenated alkanes) is 20. The van der Waals surface area contributed by atoms with Crippen LogP contribution >= 0.6 is 0 Å². The van der Waals surface area contributed by atoms with Crippen LogP contribution in [-0.2, 0) is 28.6 Å². The van der Waals surface area contributed by atoms with Crippen LogP contribution < -0.4 is 0 Å². The van der Waals surface area contributed by atoms with Gasteiger partial charge in [-0.25, -0.2) is 0 Å². The first-order valence-corrected chi connectivity index (χ1v) is 25.6. The van der Waals surface area contributed by atoms with Gasteiger partial charge in [-0.05, 0) is 96.3 Å². The first-order valence-electron chi connectivity index (χ1n) is 25.6. The average molecular weight is 863 g/mol. The van der Waals surface area contributed by atoms with Crippen LogP contribution in [0.2, 0.25) is 0 Å². The predicted molar refractivity (Wildman–Crippen MR) is 265 cm³/mol. The second kappa shape index (κ2) is 50.2. The molecule has 1 atom stereocenters. The molecule has 354 valence electrons. The Kier molecular flexibility index (Phi) is 47.5. The number of esters is 3. The van der Waals surface area contributed by atoms with Crippen molar-refractivity contribution in [2.24, 2.45) is 0 Å². The molecule has 0 spiro atoms. The lowest BCUT2D eigenvalue weighted by Gasteiger charge is -2.18. The summed E-state index contributed by atoms with van der Waals surface area (Å²) in [7, 11) is 0. The average Bonchev–Trinajstić information content (AvgIpc) is 3.27. The molecule has 62 heavy (non-hydrogen) atoms. The van der Waals surface area contributed by atoms with Gasteiger partial charge in [0.15, 0.2) is 6.10 Å². The van der Waals surface area contributed by atoms with E-state index in [0.717, 1.165) is 122 Å². The summed E-state index contributed by atoms with van der Waals surface area (Å²) in [5.74, 6) is -0.935. The first kappa shape index (κ1) is 58.6. The third-order valence-electron chi connectivity index (χ3n) is 10.6. The standard InChI is InChI=1S/C56H94O6/c1-4-7-10-13-16-18-20-22-24-25-26-27-28-29-30-31-33-34-36-38-40-43-46-49-55(58)61-52-53(51-60-54(57)48-45-42-15-12-9-6-3)62-56(59)50-47-44-41-39-37-35-32-23-21-19-17-14-11-8-5-2/h7,10,16,18,22-24,26-27,29-30,32-34,53H,4-6,8-9,11-15,17,19-21,25,28,31,35-52H2,1-3H3/b10-7-,18-16-,24-22-,27-26-,30-29-,32-23-,34-33-. The van der Waals surface area contributed by atoms with E-state index in [1.54, 1.807) is 0 Å². The molecule has 0 radical (unpaired) electrons. The third-order valence-corrected chi connectivity index (χ3v) is 10.6. The van der Waals surface area contributed by atoms with Crippen molar-refractivity contribution in [2.45, 2.75) is 239 Å². The zero-order chi connectivity index (χ0) is 45.1. The summed E-state index contributed by atoms with van der Waals surface area (Å²) in [6.45, 7) is 6.42. The smallest absolute Gasteiger partial charge is 0.306 e. The summed E-state index contributed by atoms with van der Waals surface area (Å²) >= 11 is 0. The van der Waals surface area contributed by atoms with Gasteiger partial charge >= 0.3 is 17.9 Å². The van der Waals surface area contributed by atoms with Gasteiger partial charge in [-0.3, -0.25) is 14.4 Å². The minimum Gasteiger partial charge on any atom is -0.462 e. The van der Waals surface area contributed by atoms with Crippen molar-refractivity contribution in [1.82, 2.24) is 0 Å². The summed E-state index contributed by atoms with van der Waals surface area (Å²) in [5.41, 5.74) is 0. The minimum absolute atomic E-state index is 0.0886. The zero-order valence-electron chi connectivity index (χ0n) is 40.4. The molecule has 0 fully saturated rings. The fourth-order valence-electron chi connectivity index (χ4n) is 6.79. The molecule has 0 rings (SSSR count). The van der Waals surface area contributed by atoms with Crippen molar-refractivity contribution in [3.63, 3.8) is 0 Å². The van der Waals surface area contributed by atoms with Crippen LogP contribution in [0.3, 0.4) is 0 Å². The predicted octanol–water partition coefficient (Wildman–Crippen LogP) is 16.8. The number of hydrogen-bond acceptors (Lipinski definition) is 6. The van der Waals surface area contributed by atoms with Crippen molar-refractivity contribution < 1.29 is 28.6 Å². The van der Waals surface area contributed by atoms with E-state index in [9.17, 15) is 14.4 Å². The van der Waals surface area contributed by atoms with E-state index in [-0.39, 0.29) is 31.1 Å². The molecule has 0 bridgehead atoms. The van der Waals surface area contributed by atoms with E-state index in [0.29, 0.717) is 19.3 Å². The highest BCUT2D eigenvalue weighted by molar-refractivity contribution is 5.71. The molecule has 6 nitrogen and oxygen atoms in total. The van der Waals surface area contributed by atoms with Crippen molar-refractivity contribution in [3.05, 3.63) is 85.1 Å². The Morgan fingerprint density at radius 3 is 1.00 bits per heavy atom. The normalized spacial score (nSPS) is 12.8. The van der Waals surface area contributed by atoms with E-state index in [1.807, 2.05) is 0 Å². The molecule has 0 aliphatic carbocycles. The Bertz CT molecular complexity index is 1220. The third kappa shape index (κ3) is 47.6. The number of hydrogen-bond donors (Lipinski definition) is 0. The molecular formula is C56H94O6. The topological polar surface area (TPSA) is 78.9 Å². The molecule has 0 aromatic carbocycles. The SMILES string of the molecule is CC/C=C\C/C=C\C/C=C\C/C=C\C/C=C\C/C=C\CCCCCCC(=O)OCC(COC(=O)CCCCCCCC)OC(=O)CCCCCCC/C=C\CCCCCCCC. The van der Waals surface area contributed by atoms with Gasteiger partial charge in [0.2, 0.25) is 0 Å². The fourth-order valence-corrected chi connectivity index (χ4v) is 6.79. The zero-order valence-corrected chi connectivity index (χ0v) is 40.4. The first-order chi connectivity index (χ1) is 30.5. The second-order valence-corrected chi connectivity index (χ2v) is 16.7. The van der Waals surface area contributed by atoms with Gasteiger partial charge in [-0.2, -0.15) is 0 Å². The number of carbonyl (C=O) groups excluding carboxylic acids is 3. The van der Waals surface area contributed by atoms with Gasteiger partial charge in [-0.15, -0.1) is 0 Å². The Balaban J connectivity index is 4.28. The lowest BCUT2D eigenvalue weighted by Crippen LogP contribution is -2.30. The number of allylic oxidation sites excluding steroid dienone is 14. The van der Waals surface area contributed by atoms with Crippen molar-refractivity contribution >= 4 is 17.9 Å². The number of ether oxygens (including phenoxy) is 3. The van der Waals surface area contributed by atoms with Gasteiger partial charge in [0, 0.05) is 19.3 Å². The van der Waals surface area contributed by atoms with Crippen LogP contribution in [0.5, 0.6) is 0 Å². The molecule has 1 unspecified atom stereocenters. The molecule has 6 heteroatoms. The summed E-state index contributed by atoms with van der Waals surface area (Å²) in [6, 6.07) is 0. The lowest BCUT2D eigenvalue weighted by molar-refractivity contribution is -0.167. The quantitative estimate of drug-likeness (QED) is 0.0263. The molecule has 0 saturated heterocycles. The largest absolute Gasteiger partial charge is 0.462 e. The van der Waals surface area contributed by atoms with Crippen LogP contribution in [0, 0.1) is 0 Å². The molecule has 0 N–H and O–H groups in total. The van der Waals surface area contributed by atoms with Gasteiger partial charge in [-0.1, -0.05) is 202 Å². The van der Waals surface area contributed by atoms with E-state index >= 15 is 0 Å². The lowest BCUT2D eigenvalue weighted by atomic mass is 10.1. The molecule has 0 aromatic heterocycles. The molecule has 0 aliphatic rings. The maximum atomic E-state index is 12.7. The molecule has 0 saturated carbocycles. The molecule has 0 aromatic rings. The highest BCUT2D eigenvalue weighted by Crippen LogP contribution is 2.13. The highest BCUT2D eigenvalue weighted by atomic mass is 16.6. The maximum absolute atomic E-state index is 12.7. The van der Waals surface area contributed by atoms with E-state index in [1.165, 1.54) is 70.6 Å². The second-order valence-electron chi connectivity index (χ2n) is 16.7. The van der Waals surface area contributed by atoms with E-state index in [2.05, 4.69) is 106 Å². The van der Waals surface area contributed by atoms with Crippen LogP contribution in [-0.4, -0.2) is 37.2 Å². The monoisotopic (exact) mass is 863 g/mol. The molecular weight excluding hydrogens is 769 g/mol. The van der Waals surface area contributed by atoms with E-state index < -0.39 is 6.10 Å². The van der Waals surface area contributed by atoms with Crippen LogP contribution in [0.1, 0.15) is 233 Å². The van der Waals surface area contributed by atoms with Crippen molar-refractivity contribution in [1.29, 1.82) is 0 Å². The highest BCUT2D eigenvalue weighted by Gasteiger charge is 2.19. The van der Waals surface area contributed by atoms with Crippen LogP contribution in [0.4, 0.5) is 0 Å². The Morgan fingerprint density at radius 2 is 0.629 bits per heavy atom. The van der Waals surface area contributed by atoms with Gasteiger partial charge in [0.1, 0.15) is 13.2 Å². The molecule has 0 heterocycles. The minimum atomic E-state index is -0.788. The van der Waals surface area contributed by atoms with Crippen molar-refractivity contribution in [2.75, 3.05) is 13.2 Å². The Morgan fingerprint density at radius 1 is 0.339 bits per heavy atom. The molecule has 0 aliphatic heterocycles. The van der Waals surface area contributed by atoms with Crippen LogP contribution in [0.15, 0.2) is 85.1 Å². The summed E-state index contributed by atoms with van der Waals surface area (Å²) in [6.07, 6.45) is 64.5. The summed E-state index contributed by atoms with van der Waals surface area (Å²) < 4.78 is 16.7. The Hall–Kier alpha value is -3.41. The Labute approximate surface area is 382 Å². The maximum Gasteiger partial charge on any atom is 0.306 e. The van der Waals surface area contributed by atoms with Gasteiger partial charge < -0.3 is 14.2 Å². The molecule has 0 amide bonds. The fraction of sp³-hybridized carbons (Fsp3) is 0.696. The number of rotatable bonds is 45. The number of carbonyl (C=O) groups is 3. The van der Waals surface area contributed by atoms with Gasteiger partial charge in [0.25, 0.3) is 0 Å². The van der Waals surface area contributed by atoms with E-state index in [4.69, 9.17) is 14.2 Å². The summed E-state index contributed by atoms with van der Waals surface area (Å²) in [5, 5.41) is 0. The van der Waals surface area contributed by atoms with Crippen LogP contribution in [0.25, 0.3) is 0 Å². The van der Waals surface area contributed by atoms with Gasteiger partial charge in [0.05, 0.1) is 0 Å².